The lowest BCUT2D eigenvalue weighted by Gasteiger charge is -2.26. The van der Waals surface area contributed by atoms with Crippen LogP contribution in [0.15, 0.2) is 54.6 Å². The molecule has 35 heavy (non-hydrogen) atoms. The Bertz CT molecular complexity index is 1280. The molecule has 0 unspecified atom stereocenters. The highest BCUT2D eigenvalue weighted by Crippen LogP contribution is 2.27. The predicted molar refractivity (Wildman–Crippen MR) is 140 cm³/mol. The first-order valence-electron chi connectivity index (χ1n) is 11.4. The van der Waals surface area contributed by atoms with Gasteiger partial charge in [-0.1, -0.05) is 44.5 Å². The molecule has 1 aliphatic heterocycles. The highest BCUT2D eigenvalue weighted by Gasteiger charge is 2.23. The fourth-order valence-corrected chi connectivity index (χ4v) is 5.16. The van der Waals surface area contributed by atoms with Crippen LogP contribution in [0.25, 0.3) is 5.69 Å². The molecule has 2 heterocycles. The van der Waals surface area contributed by atoms with E-state index in [1.54, 1.807) is 28.9 Å². The topological polar surface area (TPSA) is 96.3 Å². The number of benzene rings is 2. The number of anilines is 2. The fourth-order valence-electron chi connectivity index (χ4n) is 3.75. The van der Waals surface area contributed by atoms with Gasteiger partial charge < -0.3 is 5.32 Å². The maximum Gasteiger partial charge on any atom is 0.324 e. The van der Waals surface area contributed by atoms with Gasteiger partial charge in [0.2, 0.25) is 0 Å². The SMILES string of the molecule is CC(C)(C)c1cc(NC(=O)Nc2ccc(Cl)cc2)n(-c2ccc(CN3CCS(=O)(=O)CC3)cc2)n1. The fraction of sp³-hybridized carbons (Fsp3) is 0.360. The van der Waals surface area contributed by atoms with Crippen molar-refractivity contribution in [2.45, 2.75) is 32.7 Å². The number of hydrogen-bond acceptors (Lipinski definition) is 5. The first kappa shape index (κ1) is 25.2. The Labute approximate surface area is 211 Å². The van der Waals surface area contributed by atoms with E-state index in [2.05, 4.69) is 36.3 Å². The van der Waals surface area contributed by atoms with E-state index in [-0.39, 0.29) is 23.0 Å². The largest absolute Gasteiger partial charge is 0.324 e. The van der Waals surface area contributed by atoms with Gasteiger partial charge in [-0.05, 0) is 42.0 Å². The Morgan fingerprint density at radius 1 is 1.00 bits per heavy atom. The first-order chi connectivity index (χ1) is 16.5. The van der Waals surface area contributed by atoms with Crippen LogP contribution in [-0.4, -0.2) is 53.7 Å². The van der Waals surface area contributed by atoms with E-state index in [9.17, 15) is 13.2 Å². The predicted octanol–water partition coefficient (Wildman–Crippen LogP) is 4.70. The van der Waals surface area contributed by atoms with Crippen LogP contribution in [0.2, 0.25) is 5.02 Å². The van der Waals surface area contributed by atoms with Crippen LogP contribution in [-0.2, 0) is 21.8 Å². The molecule has 186 valence electrons. The molecule has 1 fully saturated rings. The van der Waals surface area contributed by atoms with E-state index < -0.39 is 9.84 Å². The van der Waals surface area contributed by atoms with Gasteiger partial charge in [-0.2, -0.15) is 5.10 Å². The molecular formula is C25H30ClN5O3S. The van der Waals surface area contributed by atoms with Crippen LogP contribution < -0.4 is 10.6 Å². The number of halogens is 1. The Balaban J connectivity index is 1.51. The smallest absolute Gasteiger partial charge is 0.308 e. The van der Waals surface area contributed by atoms with Crippen molar-refractivity contribution >= 4 is 39.0 Å². The van der Waals surface area contributed by atoms with Crippen LogP contribution in [0, 0.1) is 0 Å². The Morgan fingerprint density at radius 3 is 2.23 bits per heavy atom. The summed E-state index contributed by atoms with van der Waals surface area (Å²) in [4.78, 5) is 14.8. The zero-order chi connectivity index (χ0) is 25.2. The normalized spacial score (nSPS) is 16.1. The molecule has 1 aromatic heterocycles. The zero-order valence-corrected chi connectivity index (χ0v) is 21.7. The van der Waals surface area contributed by atoms with E-state index in [0.717, 1.165) is 16.9 Å². The summed E-state index contributed by atoms with van der Waals surface area (Å²) in [5, 5.41) is 11.1. The van der Waals surface area contributed by atoms with Crippen molar-refractivity contribution in [2.75, 3.05) is 35.2 Å². The third kappa shape index (κ3) is 6.62. The van der Waals surface area contributed by atoms with Gasteiger partial charge in [0.1, 0.15) is 5.82 Å². The number of amides is 2. The lowest BCUT2D eigenvalue weighted by molar-refractivity contribution is 0.262. The van der Waals surface area contributed by atoms with Gasteiger partial charge in [0.25, 0.3) is 0 Å². The summed E-state index contributed by atoms with van der Waals surface area (Å²) in [7, 11) is -2.90. The number of aromatic nitrogens is 2. The molecule has 2 N–H and O–H groups in total. The molecule has 1 aliphatic rings. The molecule has 0 bridgehead atoms. The highest BCUT2D eigenvalue weighted by atomic mass is 35.5. The maximum atomic E-state index is 12.7. The number of carbonyl (C=O) groups excluding carboxylic acids is 1. The van der Waals surface area contributed by atoms with Crippen LogP contribution in [0.4, 0.5) is 16.3 Å². The Morgan fingerprint density at radius 2 is 1.63 bits per heavy atom. The van der Waals surface area contributed by atoms with Gasteiger partial charge in [0.15, 0.2) is 9.84 Å². The average molecular weight is 516 g/mol. The number of nitrogens with zero attached hydrogens (tertiary/aromatic N) is 3. The quantitative estimate of drug-likeness (QED) is 0.513. The number of rotatable bonds is 5. The van der Waals surface area contributed by atoms with E-state index in [0.29, 0.717) is 36.2 Å². The molecule has 0 spiro atoms. The molecule has 0 aliphatic carbocycles. The Kier molecular flexibility index (Phi) is 7.21. The number of nitrogens with one attached hydrogen (secondary N) is 2. The van der Waals surface area contributed by atoms with Crippen molar-refractivity contribution in [1.29, 1.82) is 0 Å². The highest BCUT2D eigenvalue weighted by molar-refractivity contribution is 7.91. The van der Waals surface area contributed by atoms with Gasteiger partial charge in [-0.15, -0.1) is 0 Å². The molecule has 0 radical (unpaired) electrons. The molecule has 2 amide bonds. The van der Waals surface area contributed by atoms with Crippen molar-refractivity contribution < 1.29 is 13.2 Å². The van der Waals surface area contributed by atoms with Crippen molar-refractivity contribution in [2.24, 2.45) is 0 Å². The number of sulfone groups is 1. The summed E-state index contributed by atoms with van der Waals surface area (Å²) in [6.07, 6.45) is 0. The molecule has 0 atom stereocenters. The Hall–Kier alpha value is -2.88. The molecule has 8 nitrogen and oxygen atoms in total. The van der Waals surface area contributed by atoms with Crippen molar-refractivity contribution in [3.8, 4) is 5.69 Å². The third-order valence-electron chi connectivity index (χ3n) is 5.85. The second-order valence-corrected chi connectivity index (χ2v) is 12.5. The number of carbonyl (C=O) groups is 1. The summed E-state index contributed by atoms with van der Waals surface area (Å²) in [6.45, 7) is 8.00. The monoisotopic (exact) mass is 515 g/mol. The first-order valence-corrected chi connectivity index (χ1v) is 13.6. The van der Waals surface area contributed by atoms with E-state index in [1.165, 1.54) is 0 Å². The second kappa shape index (κ2) is 10.0. The minimum Gasteiger partial charge on any atom is -0.308 e. The number of hydrogen-bond donors (Lipinski definition) is 2. The summed E-state index contributed by atoms with van der Waals surface area (Å²) in [5.74, 6) is 0.970. The van der Waals surface area contributed by atoms with Crippen LogP contribution in [0.3, 0.4) is 0 Å². The second-order valence-electron chi connectivity index (χ2n) is 9.76. The van der Waals surface area contributed by atoms with Crippen LogP contribution >= 0.6 is 11.6 Å². The molecule has 10 heteroatoms. The van der Waals surface area contributed by atoms with E-state index in [1.807, 2.05) is 30.3 Å². The molecule has 4 rings (SSSR count). The number of urea groups is 1. The lowest BCUT2D eigenvalue weighted by atomic mass is 9.92. The van der Waals surface area contributed by atoms with E-state index >= 15 is 0 Å². The minimum absolute atomic E-state index is 0.205. The van der Waals surface area contributed by atoms with Gasteiger partial charge in [-0.25, -0.2) is 17.9 Å². The summed E-state index contributed by atoms with van der Waals surface area (Å²) in [6, 6.07) is 16.3. The van der Waals surface area contributed by atoms with Crippen molar-refractivity contribution in [1.82, 2.24) is 14.7 Å². The molecular weight excluding hydrogens is 486 g/mol. The van der Waals surface area contributed by atoms with Gasteiger partial charge in [0.05, 0.1) is 22.9 Å². The standard InChI is InChI=1S/C25H30ClN5O3S/c1-25(2,3)22-16-23(28-24(32)27-20-8-6-19(26)7-9-20)31(29-22)21-10-4-18(5-11-21)17-30-12-14-35(33,34)15-13-30/h4-11,16H,12-15,17H2,1-3H3,(H2,27,28,32). The van der Waals surface area contributed by atoms with Crippen LogP contribution in [0.5, 0.6) is 0 Å². The summed E-state index contributed by atoms with van der Waals surface area (Å²) in [5.41, 5.74) is 3.17. The molecule has 1 saturated heterocycles. The summed E-state index contributed by atoms with van der Waals surface area (Å²) < 4.78 is 25.1. The molecule has 2 aromatic carbocycles. The van der Waals surface area contributed by atoms with Gasteiger partial charge >= 0.3 is 6.03 Å². The average Bonchev–Trinajstić information content (AvgIpc) is 3.21. The zero-order valence-electron chi connectivity index (χ0n) is 20.1. The minimum atomic E-state index is -2.90. The molecule has 3 aromatic rings. The van der Waals surface area contributed by atoms with Crippen LogP contribution in [0.1, 0.15) is 32.0 Å². The summed E-state index contributed by atoms with van der Waals surface area (Å²) >= 11 is 5.92. The molecule has 0 saturated carbocycles. The third-order valence-corrected chi connectivity index (χ3v) is 7.71. The van der Waals surface area contributed by atoms with Crippen molar-refractivity contribution in [3.63, 3.8) is 0 Å². The maximum absolute atomic E-state index is 12.7. The van der Waals surface area contributed by atoms with Gasteiger partial charge in [0, 0.05) is 41.8 Å². The van der Waals surface area contributed by atoms with Crippen molar-refractivity contribution in [3.05, 3.63) is 70.9 Å². The lowest BCUT2D eigenvalue weighted by Crippen LogP contribution is -2.39. The van der Waals surface area contributed by atoms with E-state index in [4.69, 9.17) is 16.7 Å². The van der Waals surface area contributed by atoms with Gasteiger partial charge in [-0.3, -0.25) is 10.2 Å².